The number of benzene rings is 1. The molecule has 0 spiro atoms. The topological polar surface area (TPSA) is 379 Å². The molecule has 24 heteroatoms. The quantitative estimate of drug-likeness (QED) is 0.0251. The lowest BCUT2D eigenvalue weighted by atomic mass is 9.88. The number of aliphatic hydroxyl groups excluding tert-OH is 10. The maximum atomic E-state index is 13.8. The van der Waals surface area contributed by atoms with Crippen LogP contribution in [-0.2, 0) is 47.5 Å². The second-order valence-corrected chi connectivity index (χ2v) is 23.6. The molecule has 3 saturated heterocycles. The number of carbonyl (C=O) groups is 4. The second-order valence-electron chi connectivity index (χ2n) is 23.6. The van der Waals surface area contributed by atoms with Crippen LogP contribution in [-0.4, -0.2) is 216 Å². The van der Waals surface area contributed by atoms with Gasteiger partial charge in [0, 0.05) is 19.8 Å². The van der Waals surface area contributed by atoms with Crippen LogP contribution in [0.5, 0.6) is 0 Å². The SMILES string of the molecule is CCCCCCCCCCCCC/C=C/[C@@H](OC(=O)c1ccccc1)[C@H](CO[C@@H]1O[C@H](CO)[C@@H](O[C@H]2O[C@H](CO)[C@H](O)[C@H](O[C@]3(C(=O)O)C[C@H](O)[C@@H](NC(C)=O)[C@@H]([C@H](O)[C@H](O)CO)O3)[C@H]2O)[C@H](O)[C@H]1O)NC(=O)CCCCCCCCCCCCCC. The first kappa shape index (κ1) is 75.7. The Morgan fingerprint density at radius 2 is 1.22 bits per heavy atom. The summed E-state index contributed by atoms with van der Waals surface area (Å²) >= 11 is 0. The third-order valence-corrected chi connectivity index (χ3v) is 16.4. The molecule has 87 heavy (non-hydrogen) atoms. The number of carbonyl (C=O) groups excluding carboxylic acids is 3. The number of carboxylic acids is 1. The number of esters is 1. The molecule has 0 aliphatic carbocycles. The van der Waals surface area contributed by atoms with Crippen LogP contribution >= 0.6 is 0 Å². The average molecular weight is 1240 g/mol. The van der Waals surface area contributed by atoms with Gasteiger partial charge in [0.2, 0.25) is 11.8 Å². The lowest BCUT2D eigenvalue weighted by molar-refractivity contribution is -0.386. The molecule has 3 aliphatic rings. The zero-order valence-electron chi connectivity index (χ0n) is 51.5. The van der Waals surface area contributed by atoms with Crippen molar-refractivity contribution in [3.63, 3.8) is 0 Å². The van der Waals surface area contributed by atoms with Gasteiger partial charge in [-0.25, -0.2) is 9.59 Å². The van der Waals surface area contributed by atoms with Crippen LogP contribution in [0.4, 0.5) is 0 Å². The highest BCUT2D eigenvalue weighted by Crippen LogP contribution is 2.39. The molecular weight excluding hydrogens is 1140 g/mol. The van der Waals surface area contributed by atoms with E-state index in [1.165, 1.54) is 89.9 Å². The van der Waals surface area contributed by atoms with Gasteiger partial charge in [-0.05, 0) is 37.5 Å². The molecular formula is C63H106N2O22. The highest BCUT2D eigenvalue weighted by Gasteiger charge is 2.60. The number of carboxylic acid groups (broad SMARTS) is 1. The van der Waals surface area contributed by atoms with Crippen LogP contribution in [0.1, 0.15) is 198 Å². The Kier molecular flexibility index (Phi) is 36.1. The van der Waals surface area contributed by atoms with E-state index in [1.807, 2.05) is 6.08 Å². The van der Waals surface area contributed by atoms with Crippen molar-refractivity contribution < 1.29 is 109 Å². The molecule has 3 heterocycles. The maximum absolute atomic E-state index is 13.8. The maximum Gasteiger partial charge on any atom is 0.364 e. The molecule has 18 atom stereocenters. The van der Waals surface area contributed by atoms with Crippen LogP contribution in [0.2, 0.25) is 0 Å². The minimum Gasteiger partial charge on any atom is -0.477 e. The van der Waals surface area contributed by atoms with E-state index in [-0.39, 0.29) is 17.9 Å². The Morgan fingerprint density at radius 1 is 0.678 bits per heavy atom. The number of aliphatic carboxylic acids is 1. The van der Waals surface area contributed by atoms with Gasteiger partial charge in [0.25, 0.3) is 5.79 Å². The normalized spacial score (nSPS) is 29.0. The molecule has 2 amide bonds. The van der Waals surface area contributed by atoms with Gasteiger partial charge in [0.1, 0.15) is 73.2 Å². The van der Waals surface area contributed by atoms with Crippen LogP contribution < -0.4 is 10.6 Å². The number of nitrogens with one attached hydrogen (secondary N) is 2. The number of aliphatic hydroxyl groups is 10. The Balaban J connectivity index is 1.52. The van der Waals surface area contributed by atoms with E-state index in [4.69, 9.17) is 33.2 Å². The Hall–Kier alpha value is -3.80. The smallest absolute Gasteiger partial charge is 0.364 e. The Morgan fingerprint density at radius 3 is 1.75 bits per heavy atom. The first-order chi connectivity index (χ1) is 41.9. The number of ether oxygens (including phenoxy) is 7. The van der Waals surface area contributed by atoms with Crippen molar-refractivity contribution in [1.29, 1.82) is 0 Å². The number of hydrogen-bond donors (Lipinski definition) is 13. The monoisotopic (exact) mass is 1240 g/mol. The van der Waals surface area contributed by atoms with E-state index in [2.05, 4.69) is 24.5 Å². The van der Waals surface area contributed by atoms with E-state index in [0.29, 0.717) is 12.8 Å². The van der Waals surface area contributed by atoms with Crippen molar-refractivity contribution >= 4 is 23.8 Å². The lowest BCUT2D eigenvalue weighted by Gasteiger charge is -2.50. The third kappa shape index (κ3) is 25.1. The summed E-state index contributed by atoms with van der Waals surface area (Å²) in [6, 6.07) is 5.62. The highest BCUT2D eigenvalue weighted by molar-refractivity contribution is 5.89. The fraction of sp³-hybridized carbons (Fsp3) is 0.810. The number of unbranched alkanes of at least 4 members (excludes halogenated alkanes) is 22. The summed E-state index contributed by atoms with van der Waals surface area (Å²) in [6.07, 6.45) is 0.566. The Labute approximate surface area is 513 Å². The molecule has 0 radical (unpaired) electrons. The zero-order valence-corrected chi connectivity index (χ0v) is 51.5. The predicted octanol–water partition coefficient (Wildman–Crippen LogP) is 3.86. The summed E-state index contributed by atoms with van der Waals surface area (Å²) in [5.74, 6) is -6.90. The number of rotatable bonds is 44. The van der Waals surface area contributed by atoms with Gasteiger partial charge in [-0.15, -0.1) is 0 Å². The van der Waals surface area contributed by atoms with E-state index in [0.717, 1.165) is 58.3 Å². The van der Waals surface area contributed by atoms with Gasteiger partial charge in [-0.1, -0.05) is 173 Å². The van der Waals surface area contributed by atoms with Gasteiger partial charge in [0.05, 0.1) is 50.2 Å². The fourth-order valence-electron chi connectivity index (χ4n) is 11.3. The van der Waals surface area contributed by atoms with E-state index in [1.54, 1.807) is 36.4 Å². The summed E-state index contributed by atoms with van der Waals surface area (Å²) in [5, 5.41) is 125. The molecule has 3 fully saturated rings. The van der Waals surface area contributed by atoms with E-state index < -0.39 is 160 Å². The van der Waals surface area contributed by atoms with Crippen molar-refractivity contribution in [2.75, 3.05) is 26.4 Å². The molecule has 4 rings (SSSR count). The number of amides is 2. The van der Waals surface area contributed by atoms with Crippen molar-refractivity contribution in [3.8, 4) is 0 Å². The minimum atomic E-state index is -3.10. The molecule has 0 unspecified atom stereocenters. The molecule has 0 bridgehead atoms. The van der Waals surface area contributed by atoms with Gasteiger partial charge in [-0.3, -0.25) is 9.59 Å². The number of hydrogen-bond acceptors (Lipinski definition) is 21. The highest BCUT2D eigenvalue weighted by atomic mass is 16.8. The minimum absolute atomic E-state index is 0.154. The first-order valence-electron chi connectivity index (χ1n) is 32.1. The van der Waals surface area contributed by atoms with Crippen molar-refractivity contribution in [1.82, 2.24) is 10.6 Å². The predicted molar refractivity (Wildman–Crippen MR) is 317 cm³/mol. The molecule has 3 aliphatic heterocycles. The summed E-state index contributed by atoms with van der Waals surface area (Å²) in [6.45, 7) is 1.95. The summed E-state index contributed by atoms with van der Waals surface area (Å²) in [5.41, 5.74) is 0.252. The zero-order chi connectivity index (χ0) is 63.7. The van der Waals surface area contributed by atoms with Gasteiger partial charge in [0.15, 0.2) is 12.6 Å². The summed E-state index contributed by atoms with van der Waals surface area (Å²) < 4.78 is 41.2. The molecule has 1 aromatic carbocycles. The molecule has 0 saturated carbocycles. The molecule has 0 aromatic heterocycles. The third-order valence-electron chi connectivity index (χ3n) is 16.4. The second kappa shape index (κ2) is 41.6. The van der Waals surface area contributed by atoms with Crippen molar-refractivity contribution in [2.24, 2.45) is 0 Å². The van der Waals surface area contributed by atoms with E-state index >= 15 is 0 Å². The Bertz CT molecular complexity index is 2090. The van der Waals surface area contributed by atoms with Gasteiger partial charge in [-0.2, -0.15) is 0 Å². The summed E-state index contributed by atoms with van der Waals surface area (Å²) in [7, 11) is 0. The van der Waals surface area contributed by atoms with Crippen molar-refractivity contribution in [3.05, 3.63) is 48.0 Å². The number of allylic oxidation sites excluding steroid dienone is 1. The first-order valence-corrected chi connectivity index (χ1v) is 32.1. The van der Waals surface area contributed by atoms with Crippen LogP contribution in [0.15, 0.2) is 42.5 Å². The van der Waals surface area contributed by atoms with Gasteiger partial charge >= 0.3 is 11.9 Å². The molecule has 500 valence electrons. The fourth-order valence-corrected chi connectivity index (χ4v) is 11.3. The standard InChI is InChI=1S/C63H106N2O22/c1-4-6-8-10-12-14-16-18-19-21-23-25-30-34-46(82-59(78)42-32-28-27-29-33-42)43(65-49(72)35-31-26-24-22-20-17-15-13-11-9-7-5-2)40-81-60-54(76)53(75)56(48(39-68)84-60)85-61-55(77)58(52(74)47(38-67)83-61)87-63(62(79)80)36-44(70)50(64-41(3)69)57(86-63)51(73)45(71)37-66/h27-30,32-34,43-48,50-58,60-61,66-68,70-71,73-77H,4-26,31,35-40H2,1-3H3,(H,64,69)(H,65,72)(H,79,80)/b34-30+/t43-,44-,45+,46+,47+,48+,50+,51+,52-,53+,54+,55+,56+,57-,58-,60+,61+,63-/m0/s1. The average Bonchev–Trinajstić information content (AvgIpc) is 3.49. The molecule has 1 aromatic rings. The van der Waals surface area contributed by atoms with Crippen molar-refractivity contribution in [2.45, 2.75) is 298 Å². The summed E-state index contributed by atoms with van der Waals surface area (Å²) in [4.78, 5) is 52.7. The van der Waals surface area contributed by atoms with Gasteiger partial charge < -0.3 is 100.0 Å². The van der Waals surface area contributed by atoms with E-state index in [9.17, 15) is 75.3 Å². The molecule has 13 N–H and O–H groups in total. The van der Waals surface area contributed by atoms with Crippen LogP contribution in [0.3, 0.4) is 0 Å². The molecule has 24 nitrogen and oxygen atoms in total. The lowest BCUT2D eigenvalue weighted by Crippen LogP contribution is -2.70. The van der Waals surface area contributed by atoms with Crippen LogP contribution in [0, 0.1) is 0 Å². The largest absolute Gasteiger partial charge is 0.477 e. The van der Waals surface area contributed by atoms with Crippen LogP contribution in [0.25, 0.3) is 0 Å².